The predicted octanol–water partition coefficient (Wildman–Crippen LogP) is 2.42. The van der Waals surface area contributed by atoms with E-state index in [0.29, 0.717) is 11.4 Å². The molecule has 0 unspecified atom stereocenters. The zero-order valence-electron chi connectivity index (χ0n) is 14.7. The molecular formula is C17H16F3N5O2. The van der Waals surface area contributed by atoms with Crippen LogP contribution < -0.4 is 10.9 Å². The number of benzene rings is 1. The van der Waals surface area contributed by atoms with Crippen molar-refractivity contribution < 1.29 is 18.0 Å². The summed E-state index contributed by atoms with van der Waals surface area (Å²) in [5.74, 6) is -0.230. The Labute approximate surface area is 151 Å². The van der Waals surface area contributed by atoms with Gasteiger partial charge in [-0.1, -0.05) is 12.1 Å². The maximum Gasteiger partial charge on any atom is 0.416 e. The van der Waals surface area contributed by atoms with E-state index in [4.69, 9.17) is 0 Å². The van der Waals surface area contributed by atoms with Crippen LogP contribution in [-0.2, 0) is 6.18 Å². The van der Waals surface area contributed by atoms with Crippen molar-refractivity contribution in [3.63, 3.8) is 0 Å². The van der Waals surface area contributed by atoms with Gasteiger partial charge in [-0.3, -0.25) is 9.59 Å². The third-order valence-electron chi connectivity index (χ3n) is 4.21. The number of carbonyl (C=O) groups excluding carboxylic acids is 1. The summed E-state index contributed by atoms with van der Waals surface area (Å²) in [6, 6.07) is 4.06. The van der Waals surface area contributed by atoms with E-state index < -0.39 is 29.2 Å². The van der Waals surface area contributed by atoms with Crippen molar-refractivity contribution in [1.29, 1.82) is 0 Å². The van der Waals surface area contributed by atoms with Crippen LogP contribution in [0, 0.1) is 6.92 Å². The number of fused-ring (bicyclic) bond motifs is 1. The molecule has 0 bridgehead atoms. The van der Waals surface area contributed by atoms with Crippen molar-refractivity contribution in [2.45, 2.75) is 26.1 Å². The Morgan fingerprint density at radius 3 is 2.44 bits per heavy atom. The van der Waals surface area contributed by atoms with E-state index in [1.807, 2.05) is 0 Å². The van der Waals surface area contributed by atoms with Gasteiger partial charge in [0.05, 0.1) is 11.6 Å². The van der Waals surface area contributed by atoms with Gasteiger partial charge in [-0.25, -0.2) is 9.67 Å². The Morgan fingerprint density at radius 1 is 1.26 bits per heavy atom. The highest BCUT2D eigenvalue weighted by Crippen LogP contribution is 2.31. The molecule has 10 heteroatoms. The third kappa shape index (κ3) is 3.29. The van der Waals surface area contributed by atoms with Crippen LogP contribution in [0.25, 0.3) is 11.0 Å². The third-order valence-corrected chi connectivity index (χ3v) is 4.21. The van der Waals surface area contributed by atoms with E-state index in [2.05, 4.69) is 20.4 Å². The fourth-order valence-corrected chi connectivity index (χ4v) is 2.79. The topological polar surface area (TPSA) is 92.7 Å². The minimum absolute atomic E-state index is 0.0266. The van der Waals surface area contributed by atoms with E-state index >= 15 is 0 Å². The summed E-state index contributed by atoms with van der Waals surface area (Å²) in [5.41, 5.74) is -0.667. The highest BCUT2D eigenvalue weighted by molar-refractivity contribution is 6.03. The average molecular weight is 379 g/mol. The van der Waals surface area contributed by atoms with Gasteiger partial charge in [0.25, 0.3) is 11.5 Å². The first-order valence-electron chi connectivity index (χ1n) is 8.02. The number of nitrogens with one attached hydrogen (secondary N) is 2. The van der Waals surface area contributed by atoms with Crippen LogP contribution in [0.1, 0.15) is 40.4 Å². The molecule has 1 atom stereocenters. The van der Waals surface area contributed by atoms with Crippen LogP contribution >= 0.6 is 0 Å². The lowest BCUT2D eigenvalue weighted by atomic mass is 10.1. The average Bonchev–Trinajstić information content (AvgIpc) is 2.99. The van der Waals surface area contributed by atoms with Gasteiger partial charge >= 0.3 is 6.18 Å². The van der Waals surface area contributed by atoms with Crippen LogP contribution in [0.5, 0.6) is 0 Å². The molecule has 1 amide bonds. The van der Waals surface area contributed by atoms with E-state index in [-0.39, 0.29) is 16.7 Å². The number of halogens is 3. The largest absolute Gasteiger partial charge is 0.416 e. The SMILES string of the molecule is CNC(=O)c1nn([C@H](C)c2ccc(C(F)(F)F)cc2)c2nc(C)[nH]c(=O)c12. The van der Waals surface area contributed by atoms with Crippen LogP contribution in [0.3, 0.4) is 0 Å². The summed E-state index contributed by atoms with van der Waals surface area (Å²) in [5, 5.41) is 6.65. The highest BCUT2D eigenvalue weighted by atomic mass is 19.4. The Kier molecular flexibility index (Phi) is 4.50. The monoisotopic (exact) mass is 379 g/mol. The molecular weight excluding hydrogens is 363 g/mol. The summed E-state index contributed by atoms with van der Waals surface area (Å²) < 4.78 is 39.7. The summed E-state index contributed by atoms with van der Waals surface area (Å²) in [7, 11) is 1.41. The number of aromatic nitrogens is 4. The van der Waals surface area contributed by atoms with E-state index in [1.54, 1.807) is 13.8 Å². The molecule has 1 aromatic carbocycles. The van der Waals surface area contributed by atoms with Crippen LogP contribution in [-0.4, -0.2) is 32.7 Å². The van der Waals surface area contributed by atoms with E-state index in [0.717, 1.165) is 12.1 Å². The molecule has 2 heterocycles. The molecule has 3 aromatic rings. The fraction of sp³-hybridized carbons (Fsp3) is 0.294. The minimum Gasteiger partial charge on any atom is -0.354 e. The molecule has 0 saturated carbocycles. The van der Waals surface area contributed by atoms with Crippen molar-refractivity contribution in [3.8, 4) is 0 Å². The van der Waals surface area contributed by atoms with Gasteiger partial charge in [0, 0.05) is 7.05 Å². The lowest BCUT2D eigenvalue weighted by Gasteiger charge is -2.15. The van der Waals surface area contributed by atoms with Gasteiger partial charge in [-0.05, 0) is 31.5 Å². The molecule has 2 aromatic heterocycles. The molecule has 7 nitrogen and oxygen atoms in total. The number of aromatic amines is 1. The first-order valence-corrected chi connectivity index (χ1v) is 8.02. The van der Waals surface area contributed by atoms with Gasteiger partial charge in [0.15, 0.2) is 11.3 Å². The van der Waals surface area contributed by atoms with Crippen molar-refractivity contribution in [2.75, 3.05) is 7.05 Å². The van der Waals surface area contributed by atoms with Crippen LogP contribution in [0.15, 0.2) is 29.1 Å². The second-order valence-corrected chi connectivity index (χ2v) is 6.02. The number of rotatable bonds is 3. The van der Waals surface area contributed by atoms with Gasteiger partial charge in [-0.15, -0.1) is 0 Å². The number of nitrogens with zero attached hydrogens (tertiary/aromatic N) is 3. The summed E-state index contributed by atoms with van der Waals surface area (Å²) in [6.45, 7) is 3.28. The van der Waals surface area contributed by atoms with E-state index in [1.165, 1.54) is 23.9 Å². The Morgan fingerprint density at radius 2 is 1.89 bits per heavy atom. The summed E-state index contributed by atoms with van der Waals surface area (Å²) in [6.07, 6.45) is -4.43. The molecule has 0 aliphatic rings. The fourth-order valence-electron chi connectivity index (χ4n) is 2.79. The number of H-pyrrole nitrogens is 1. The molecule has 0 fully saturated rings. The van der Waals surface area contributed by atoms with Gasteiger partial charge < -0.3 is 10.3 Å². The number of amides is 1. The molecule has 142 valence electrons. The molecule has 0 aliphatic carbocycles. The first kappa shape index (κ1) is 18.6. The number of hydrogen-bond donors (Lipinski definition) is 2. The first-order chi connectivity index (χ1) is 12.6. The van der Waals surface area contributed by atoms with Crippen molar-refractivity contribution in [1.82, 2.24) is 25.1 Å². The van der Waals surface area contributed by atoms with Gasteiger partial charge in [0.1, 0.15) is 11.2 Å². The molecule has 3 rings (SSSR count). The molecule has 0 spiro atoms. The number of aryl methyl sites for hydroxylation is 1. The van der Waals surface area contributed by atoms with Crippen LogP contribution in [0.2, 0.25) is 0 Å². The lowest BCUT2D eigenvalue weighted by molar-refractivity contribution is -0.137. The Balaban J connectivity index is 2.16. The molecule has 0 aliphatic heterocycles. The Bertz CT molecular complexity index is 1070. The quantitative estimate of drug-likeness (QED) is 0.731. The van der Waals surface area contributed by atoms with Crippen LogP contribution in [0.4, 0.5) is 13.2 Å². The van der Waals surface area contributed by atoms with Crippen molar-refractivity contribution >= 4 is 16.9 Å². The van der Waals surface area contributed by atoms with Crippen molar-refractivity contribution in [3.05, 3.63) is 57.3 Å². The standard InChI is InChI=1S/C17H16F3N5O2/c1-8(10-4-6-11(7-5-10)17(18,19)20)25-14-12(13(24-25)16(27)21-3)15(26)23-9(2)22-14/h4-8H,1-3H3,(H,21,27)(H,22,23,26)/t8-/m1/s1. The molecule has 2 N–H and O–H groups in total. The molecule has 0 saturated heterocycles. The summed E-state index contributed by atoms with van der Waals surface area (Å²) in [4.78, 5) is 31.2. The zero-order chi connectivity index (χ0) is 19.9. The lowest BCUT2D eigenvalue weighted by Crippen LogP contribution is -2.21. The summed E-state index contributed by atoms with van der Waals surface area (Å²) >= 11 is 0. The second kappa shape index (κ2) is 6.53. The second-order valence-electron chi connectivity index (χ2n) is 6.02. The van der Waals surface area contributed by atoms with Crippen molar-refractivity contribution in [2.24, 2.45) is 0 Å². The van der Waals surface area contributed by atoms with Gasteiger partial charge in [-0.2, -0.15) is 18.3 Å². The number of hydrogen-bond acceptors (Lipinski definition) is 4. The molecule has 27 heavy (non-hydrogen) atoms. The maximum absolute atomic E-state index is 12.8. The maximum atomic E-state index is 12.8. The van der Waals surface area contributed by atoms with Gasteiger partial charge in [0.2, 0.25) is 0 Å². The van der Waals surface area contributed by atoms with E-state index in [9.17, 15) is 22.8 Å². The number of alkyl halides is 3. The smallest absolute Gasteiger partial charge is 0.354 e. The highest BCUT2D eigenvalue weighted by Gasteiger charge is 2.30. The Hall–Kier alpha value is -3.17. The normalized spacial score (nSPS) is 13.0. The zero-order valence-corrected chi connectivity index (χ0v) is 14.7. The number of carbonyl (C=O) groups is 1. The minimum atomic E-state index is -4.43. The predicted molar refractivity (Wildman–Crippen MR) is 91.5 cm³/mol. The molecule has 0 radical (unpaired) electrons.